The molecular formula is C12H19N5O2. The molecule has 7 nitrogen and oxygen atoms in total. The van der Waals surface area contributed by atoms with Gasteiger partial charge in [0.25, 0.3) is 0 Å². The second kappa shape index (κ2) is 5.94. The van der Waals surface area contributed by atoms with Crippen molar-refractivity contribution < 1.29 is 10.2 Å². The average Bonchev–Trinajstić information content (AvgIpc) is 2.37. The van der Waals surface area contributed by atoms with Crippen molar-refractivity contribution in [1.29, 1.82) is 10.8 Å². The maximum atomic E-state index is 9.38. The Morgan fingerprint density at radius 3 is 2.37 bits per heavy atom. The lowest BCUT2D eigenvalue weighted by molar-refractivity contribution is 0.402. The first-order valence-electron chi connectivity index (χ1n) is 5.71. The Morgan fingerprint density at radius 1 is 1.21 bits per heavy atom. The van der Waals surface area contributed by atoms with Crippen LogP contribution in [0.3, 0.4) is 0 Å². The molecule has 19 heavy (non-hydrogen) atoms. The zero-order chi connectivity index (χ0) is 14.6. The van der Waals surface area contributed by atoms with Gasteiger partial charge in [0, 0.05) is 20.6 Å². The van der Waals surface area contributed by atoms with E-state index in [0.29, 0.717) is 13.0 Å². The first kappa shape index (κ1) is 14.6. The Morgan fingerprint density at radius 2 is 1.84 bits per heavy atom. The molecule has 104 valence electrons. The molecular weight excluding hydrogens is 246 g/mol. The van der Waals surface area contributed by atoms with Crippen LogP contribution in [-0.4, -0.2) is 52.6 Å². The molecule has 0 fully saturated rings. The third-order valence-electron chi connectivity index (χ3n) is 2.82. The number of guanidine groups is 2. The first-order chi connectivity index (χ1) is 8.82. The topological polar surface area (TPSA) is 121 Å². The molecule has 0 amide bonds. The molecule has 1 rings (SSSR count). The molecule has 0 bridgehead atoms. The fourth-order valence-corrected chi connectivity index (χ4v) is 1.50. The van der Waals surface area contributed by atoms with Crippen molar-refractivity contribution in [2.75, 3.05) is 20.6 Å². The lowest BCUT2D eigenvalue weighted by Gasteiger charge is -2.26. The molecule has 0 saturated heterocycles. The molecule has 1 aromatic rings. The van der Waals surface area contributed by atoms with Crippen LogP contribution in [0.5, 0.6) is 11.5 Å². The third kappa shape index (κ3) is 3.77. The van der Waals surface area contributed by atoms with Gasteiger partial charge in [0.2, 0.25) is 0 Å². The molecule has 6 N–H and O–H groups in total. The summed E-state index contributed by atoms with van der Waals surface area (Å²) in [7, 11) is 3.27. The molecule has 0 saturated carbocycles. The molecule has 0 heterocycles. The van der Waals surface area contributed by atoms with Crippen molar-refractivity contribution in [3.63, 3.8) is 0 Å². The van der Waals surface area contributed by atoms with Gasteiger partial charge < -0.3 is 20.8 Å². The summed E-state index contributed by atoms with van der Waals surface area (Å²) in [5.74, 6) is -0.383. The van der Waals surface area contributed by atoms with Crippen molar-refractivity contribution in [3.8, 4) is 11.5 Å². The summed E-state index contributed by atoms with van der Waals surface area (Å²) >= 11 is 0. The molecule has 1 aromatic carbocycles. The minimum atomic E-state index is -0.195. The van der Waals surface area contributed by atoms with Crippen LogP contribution in [0.15, 0.2) is 18.2 Å². The molecule has 0 atom stereocenters. The van der Waals surface area contributed by atoms with Crippen molar-refractivity contribution in [2.24, 2.45) is 5.73 Å². The Balaban J connectivity index is 2.58. The monoisotopic (exact) mass is 265 g/mol. The van der Waals surface area contributed by atoms with Crippen LogP contribution in [0, 0.1) is 10.8 Å². The van der Waals surface area contributed by atoms with Crippen LogP contribution < -0.4 is 5.73 Å². The number of rotatable bonds is 3. The summed E-state index contributed by atoms with van der Waals surface area (Å²) in [6, 6.07) is 4.63. The highest BCUT2D eigenvalue weighted by Gasteiger charge is 2.12. The Labute approximate surface area is 111 Å². The van der Waals surface area contributed by atoms with Gasteiger partial charge in [-0.15, -0.1) is 0 Å². The number of nitrogens with zero attached hydrogens (tertiary/aromatic N) is 2. The van der Waals surface area contributed by atoms with Gasteiger partial charge in [0.05, 0.1) is 0 Å². The van der Waals surface area contributed by atoms with Crippen LogP contribution in [0.4, 0.5) is 0 Å². The maximum Gasteiger partial charge on any atom is 0.200 e. The normalized spacial score (nSPS) is 10.0. The van der Waals surface area contributed by atoms with Crippen LogP contribution in [0.2, 0.25) is 0 Å². The van der Waals surface area contributed by atoms with Gasteiger partial charge in [-0.3, -0.25) is 15.7 Å². The van der Waals surface area contributed by atoms with Crippen LogP contribution in [0.25, 0.3) is 0 Å². The highest BCUT2D eigenvalue weighted by Crippen LogP contribution is 2.24. The Bertz CT molecular complexity index is 489. The second-order valence-electron chi connectivity index (χ2n) is 4.26. The van der Waals surface area contributed by atoms with E-state index in [4.69, 9.17) is 16.6 Å². The van der Waals surface area contributed by atoms with Gasteiger partial charge in [0.1, 0.15) is 0 Å². The van der Waals surface area contributed by atoms with Gasteiger partial charge in [-0.2, -0.15) is 0 Å². The number of likely N-dealkylation sites (N-methyl/N-ethyl adjacent to an activating group) is 1. The number of phenolic OH excluding ortho intramolecular Hbond substituents is 2. The summed E-state index contributed by atoms with van der Waals surface area (Å²) in [6.07, 6.45) is 0.596. The Kier molecular flexibility index (Phi) is 4.57. The molecule has 0 aliphatic carbocycles. The number of phenols is 2. The van der Waals surface area contributed by atoms with Gasteiger partial charge >= 0.3 is 0 Å². The highest BCUT2D eigenvalue weighted by molar-refractivity contribution is 5.94. The largest absolute Gasteiger partial charge is 0.504 e. The van der Waals surface area contributed by atoms with Crippen molar-refractivity contribution in [1.82, 2.24) is 9.80 Å². The molecule has 0 radical (unpaired) electrons. The van der Waals surface area contributed by atoms with Crippen molar-refractivity contribution in [3.05, 3.63) is 23.8 Å². The third-order valence-corrected chi connectivity index (χ3v) is 2.82. The molecule has 0 aliphatic rings. The minimum Gasteiger partial charge on any atom is -0.504 e. The van der Waals surface area contributed by atoms with E-state index in [-0.39, 0.29) is 23.4 Å². The van der Waals surface area contributed by atoms with Crippen LogP contribution in [0.1, 0.15) is 5.56 Å². The molecule has 0 aliphatic heterocycles. The van der Waals surface area contributed by atoms with Gasteiger partial charge in [-0.25, -0.2) is 0 Å². The van der Waals surface area contributed by atoms with E-state index in [1.807, 2.05) is 0 Å². The van der Waals surface area contributed by atoms with Crippen LogP contribution in [-0.2, 0) is 6.42 Å². The summed E-state index contributed by atoms with van der Waals surface area (Å²) in [5, 5.41) is 33.6. The number of nitrogens with two attached hydrogens (primary N) is 1. The summed E-state index contributed by atoms with van der Waals surface area (Å²) in [5.41, 5.74) is 6.15. The minimum absolute atomic E-state index is 0.121. The van der Waals surface area contributed by atoms with Crippen molar-refractivity contribution >= 4 is 11.9 Å². The summed E-state index contributed by atoms with van der Waals surface area (Å²) < 4.78 is 0. The predicted molar refractivity (Wildman–Crippen MR) is 73.5 cm³/mol. The fraction of sp³-hybridized carbons (Fsp3) is 0.333. The fourth-order valence-electron chi connectivity index (χ4n) is 1.50. The quantitative estimate of drug-likeness (QED) is 0.306. The van der Waals surface area contributed by atoms with Gasteiger partial charge in [-0.1, -0.05) is 6.07 Å². The number of aromatic hydroxyl groups is 2. The molecule has 0 unspecified atom stereocenters. The number of nitrogens with one attached hydrogen (secondary N) is 2. The SMILES string of the molecule is CN(CCc1ccc(O)c(O)c1)C(=N)N(C)C(=N)N. The number of hydrogen-bond donors (Lipinski definition) is 5. The average molecular weight is 265 g/mol. The molecule has 0 aromatic heterocycles. The van der Waals surface area contributed by atoms with E-state index in [9.17, 15) is 10.2 Å². The van der Waals surface area contributed by atoms with Crippen molar-refractivity contribution in [2.45, 2.75) is 6.42 Å². The smallest absolute Gasteiger partial charge is 0.200 e. The van der Waals surface area contributed by atoms with E-state index >= 15 is 0 Å². The first-order valence-corrected chi connectivity index (χ1v) is 5.71. The lowest BCUT2D eigenvalue weighted by atomic mass is 10.1. The second-order valence-corrected chi connectivity index (χ2v) is 4.26. The summed E-state index contributed by atoms with van der Waals surface area (Å²) in [6.45, 7) is 0.528. The molecule has 0 spiro atoms. The maximum absolute atomic E-state index is 9.38. The standard InChI is InChI=1S/C12H19N5O2/c1-16(12(15)17(2)11(13)14)6-5-8-3-4-9(18)10(19)7-8/h3-4,7,15,18-19H,5-6H2,1-2H3,(H3,13,14). The zero-order valence-electron chi connectivity index (χ0n) is 11.0. The van der Waals surface area contributed by atoms with Crippen LogP contribution >= 0.6 is 0 Å². The van der Waals surface area contributed by atoms with E-state index < -0.39 is 0 Å². The number of benzene rings is 1. The number of hydrogen-bond acceptors (Lipinski definition) is 4. The van der Waals surface area contributed by atoms with Gasteiger partial charge in [0.15, 0.2) is 23.4 Å². The van der Waals surface area contributed by atoms with E-state index in [1.54, 1.807) is 25.1 Å². The van der Waals surface area contributed by atoms with E-state index in [0.717, 1.165) is 5.56 Å². The van der Waals surface area contributed by atoms with E-state index in [1.165, 1.54) is 17.0 Å². The van der Waals surface area contributed by atoms with Gasteiger partial charge in [-0.05, 0) is 24.1 Å². The zero-order valence-corrected chi connectivity index (χ0v) is 11.0. The predicted octanol–water partition coefficient (Wildman–Crippen LogP) is 0.332. The summed E-state index contributed by atoms with van der Waals surface area (Å²) in [4.78, 5) is 2.90. The Hall–Kier alpha value is -2.44. The lowest BCUT2D eigenvalue weighted by Crippen LogP contribution is -2.46. The van der Waals surface area contributed by atoms with E-state index in [2.05, 4.69) is 0 Å². The highest BCUT2D eigenvalue weighted by atomic mass is 16.3. The molecule has 7 heteroatoms.